The summed E-state index contributed by atoms with van der Waals surface area (Å²) in [7, 11) is 0. The number of ether oxygens (including phenoxy) is 2. The maximum Gasteiger partial charge on any atom is 0.262 e. The minimum absolute atomic E-state index is 0.0849. The van der Waals surface area contributed by atoms with Crippen molar-refractivity contribution in [3.05, 3.63) is 42.7 Å². The van der Waals surface area contributed by atoms with E-state index in [0.29, 0.717) is 18.0 Å². The molecule has 0 saturated carbocycles. The van der Waals surface area contributed by atoms with Gasteiger partial charge in [0.1, 0.15) is 11.5 Å². The van der Waals surface area contributed by atoms with Crippen LogP contribution < -0.4 is 14.8 Å². The first-order valence-corrected chi connectivity index (χ1v) is 9.05. The van der Waals surface area contributed by atoms with Gasteiger partial charge in [-0.05, 0) is 50.6 Å². The van der Waals surface area contributed by atoms with E-state index in [1.807, 2.05) is 36.7 Å². The van der Waals surface area contributed by atoms with Gasteiger partial charge in [-0.1, -0.05) is 6.92 Å². The molecule has 0 spiro atoms. The first-order chi connectivity index (χ1) is 13.1. The summed E-state index contributed by atoms with van der Waals surface area (Å²) in [4.78, 5) is 16.5. The zero-order valence-corrected chi connectivity index (χ0v) is 15.8. The fraction of sp³-hybridized carbons (Fsp3) is 0.350. The molecule has 7 nitrogen and oxygen atoms in total. The van der Waals surface area contributed by atoms with Gasteiger partial charge in [0, 0.05) is 11.4 Å². The van der Waals surface area contributed by atoms with Gasteiger partial charge in [-0.15, -0.1) is 0 Å². The number of pyridine rings is 1. The molecule has 0 unspecified atom stereocenters. The van der Waals surface area contributed by atoms with E-state index in [2.05, 4.69) is 22.3 Å². The van der Waals surface area contributed by atoms with Gasteiger partial charge in [0.2, 0.25) is 0 Å². The van der Waals surface area contributed by atoms with E-state index in [1.165, 1.54) is 0 Å². The second kappa shape index (κ2) is 8.53. The van der Waals surface area contributed by atoms with Crippen LogP contribution in [0.1, 0.15) is 33.2 Å². The average molecular weight is 368 g/mol. The molecule has 0 aliphatic rings. The summed E-state index contributed by atoms with van der Waals surface area (Å²) in [5.74, 6) is 1.15. The Kier molecular flexibility index (Phi) is 5.90. The normalized spacial score (nSPS) is 11.0. The Morgan fingerprint density at radius 3 is 2.52 bits per heavy atom. The molecule has 0 atom stereocenters. The van der Waals surface area contributed by atoms with Gasteiger partial charge in [-0.25, -0.2) is 9.67 Å². The predicted octanol–water partition coefficient (Wildman–Crippen LogP) is 3.82. The van der Waals surface area contributed by atoms with Crippen molar-refractivity contribution in [2.45, 2.75) is 33.2 Å². The number of hydrogen-bond donors (Lipinski definition) is 1. The highest BCUT2D eigenvalue weighted by Gasteiger charge is 2.10. The van der Waals surface area contributed by atoms with Gasteiger partial charge in [-0.3, -0.25) is 4.79 Å². The van der Waals surface area contributed by atoms with Gasteiger partial charge >= 0.3 is 0 Å². The number of benzene rings is 1. The highest BCUT2D eigenvalue weighted by atomic mass is 16.5. The lowest BCUT2D eigenvalue weighted by molar-refractivity contribution is -0.118. The van der Waals surface area contributed by atoms with E-state index in [4.69, 9.17) is 9.47 Å². The highest BCUT2D eigenvalue weighted by molar-refractivity contribution is 5.93. The van der Waals surface area contributed by atoms with Crippen LogP contribution in [0.3, 0.4) is 0 Å². The van der Waals surface area contributed by atoms with Crippen LogP contribution in [0.15, 0.2) is 42.7 Å². The van der Waals surface area contributed by atoms with Crippen LogP contribution in [-0.2, 0) is 4.79 Å². The van der Waals surface area contributed by atoms with Gasteiger partial charge in [0.25, 0.3) is 5.91 Å². The van der Waals surface area contributed by atoms with Crippen molar-refractivity contribution in [3.63, 3.8) is 0 Å². The lowest BCUT2D eigenvalue weighted by Crippen LogP contribution is -2.20. The van der Waals surface area contributed by atoms with E-state index in [9.17, 15) is 4.79 Å². The van der Waals surface area contributed by atoms with Crippen molar-refractivity contribution >= 4 is 22.6 Å². The van der Waals surface area contributed by atoms with Crippen molar-refractivity contribution in [2.75, 3.05) is 18.5 Å². The van der Waals surface area contributed by atoms with Gasteiger partial charge in [0.15, 0.2) is 12.3 Å². The van der Waals surface area contributed by atoms with E-state index in [1.54, 1.807) is 24.5 Å². The molecule has 0 aliphatic carbocycles. The smallest absolute Gasteiger partial charge is 0.262 e. The van der Waals surface area contributed by atoms with Crippen molar-refractivity contribution in [2.24, 2.45) is 0 Å². The van der Waals surface area contributed by atoms with Gasteiger partial charge < -0.3 is 14.8 Å². The zero-order valence-electron chi connectivity index (χ0n) is 15.8. The maximum absolute atomic E-state index is 12.1. The molecule has 3 rings (SSSR count). The van der Waals surface area contributed by atoms with Gasteiger partial charge in [-0.2, -0.15) is 5.10 Å². The number of rotatable bonds is 8. The van der Waals surface area contributed by atoms with Crippen LogP contribution in [0.25, 0.3) is 11.0 Å². The molecule has 3 aromatic rings. The molecule has 0 bridgehead atoms. The number of fused-ring (bicyclic) bond motifs is 1. The molecular weight excluding hydrogens is 344 g/mol. The number of amides is 1. The monoisotopic (exact) mass is 368 g/mol. The van der Waals surface area contributed by atoms with Crippen molar-refractivity contribution in [1.82, 2.24) is 14.8 Å². The fourth-order valence-electron chi connectivity index (χ4n) is 2.58. The highest BCUT2D eigenvalue weighted by Crippen LogP contribution is 2.20. The number of carbonyl (C=O) groups is 1. The van der Waals surface area contributed by atoms with Crippen molar-refractivity contribution in [1.29, 1.82) is 0 Å². The second-order valence-corrected chi connectivity index (χ2v) is 6.48. The van der Waals surface area contributed by atoms with Crippen LogP contribution >= 0.6 is 0 Å². The van der Waals surface area contributed by atoms with E-state index in [0.717, 1.165) is 23.2 Å². The summed E-state index contributed by atoms with van der Waals surface area (Å²) in [6, 6.07) is 9.30. The average Bonchev–Trinajstić information content (AvgIpc) is 3.09. The Morgan fingerprint density at radius 1 is 1.15 bits per heavy atom. The molecule has 1 N–H and O–H groups in total. The van der Waals surface area contributed by atoms with Crippen LogP contribution in [0.2, 0.25) is 0 Å². The quantitative estimate of drug-likeness (QED) is 0.654. The molecule has 27 heavy (non-hydrogen) atoms. The summed E-state index contributed by atoms with van der Waals surface area (Å²) in [5, 5.41) is 8.00. The van der Waals surface area contributed by atoms with Crippen LogP contribution in [0.4, 0.5) is 5.69 Å². The topological polar surface area (TPSA) is 78.3 Å². The molecular formula is C20H24N4O3. The third-order valence-corrected chi connectivity index (χ3v) is 3.87. The summed E-state index contributed by atoms with van der Waals surface area (Å²) in [6.07, 6.45) is 4.33. The molecule has 0 saturated heterocycles. The number of hydrogen-bond acceptors (Lipinski definition) is 5. The number of aromatic nitrogens is 3. The standard InChI is InChI=1S/C20H24N4O3/c1-4-9-26-17-5-7-18(8-6-17)27-13-19(25)23-16-10-15-11-22-24(14(2)3)20(15)21-12-16/h5-8,10-12,14H,4,9,13H2,1-3H3,(H,23,25). The Labute approximate surface area is 158 Å². The minimum Gasteiger partial charge on any atom is -0.494 e. The molecule has 0 fully saturated rings. The fourth-order valence-corrected chi connectivity index (χ4v) is 2.58. The molecule has 0 radical (unpaired) electrons. The van der Waals surface area contributed by atoms with Crippen molar-refractivity contribution < 1.29 is 14.3 Å². The Balaban J connectivity index is 1.55. The molecule has 2 heterocycles. The first kappa shape index (κ1) is 18.7. The minimum atomic E-state index is -0.251. The number of anilines is 1. The maximum atomic E-state index is 12.1. The van der Waals surface area contributed by atoms with E-state index >= 15 is 0 Å². The second-order valence-electron chi connectivity index (χ2n) is 6.48. The van der Waals surface area contributed by atoms with Crippen LogP contribution in [-0.4, -0.2) is 33.9 Å². The lowest BCUT2D eigenvalue weighted by atomic mass is 10.3. The van der Waals surface area contributed by atoms with Crippen molar-refractivity contribution in [3.8, 4) is 11.5 Å². The summed E-state index contributed by atoms with van der Waals surface area (Å²) >= 11 is 0. The predicted molar refractivity (Wildman–Crippen MR) is 104 cm³/mol. The van der Waals surface area contributed by atoms with Gasteiger partial charge in [0.05, 0.1) is 24.7 Å². The zero-order chi connectivity index (χ0) is 19.2. The molecule has 1 aromatic carbocycles. The molecule has 142 valence electrons. The van der Waals surface area contributed by atoms with E-state index < -0.39 is 0 Å². The number of nitrogens with one attached hydrogen (secondary N) is 1. The summed E-state index contributed by atoms with van der Waals surface area (Å²) in [5.41, 5.74) is 1.41. The largest absolute Gasteiger partial charge is 0.494 e. The summed E-state index contributed by atoms with van der Waals surface area (Å²) < 4.78 is 12.9. The van der Waals surface area contributed by atoms with E-state index in [-0.39, 0.29) is 18.6 Å². The third-order valence-electron chi connectivity index (χ3n) is 3.87. The Hall–Kier alpha value is -3.09. The van der Waals surface area contributed by atoms with Crippen LogP contribution in [0.5, 0.6) is 11.5 Å². The number of nitrogens with zero attached hydrogens (tertiary/aromatic N) is 3. The number of carbonyl (C=O) groups excluding carboxylic acids is 1. The molecule has 7 heteroatoms. The molecule has 0 aliphatic heterocycles. The third kappa shape index (κ3) is 4.75. The Morgan fingerprint density at radius 2 is 1.85 bits per heavy atom. The first-order valence-electron chi connectivity index (χ1n) is 9.05. The van der Waals surface area contributed by atoms with Crippen LogP contribution in [0, 0.1) is 0 Å². The molecule has 1 amide bonds. The molecule has 2 aromatic heterocycles. The lowest BCUT2D eigenvalue weighted by Gasteiger charge is -2.09. The Bertz CT molecular complexity index is 903. The summed E-state index contributed by atoms with van der Waals surface area (Å²) in [6.45, 7) is 6.74. The SMILES string of the molecule is CCCOc1ccc(OCC(=O)Nc2cnc3c(cnn3C(C)C)c2)cc1.